The van der Waals surface area contributed by atoms with E-state index in [1.54, 1.807) is 12.4 Å². The molecule has 0 aromatic carbocycles. The predicted molar refractivity (Wildman–Crippen MR) is 71.1 cm³/mol. The van der Waals surface area contributed by atoms with E-state index >= 15 is 0 Å². The Morgan fingerprint density at radius 2 is 1.95 bits per heavy atom. The molecule has 2 aromatic heterocycles. The quantitative estimate of drug-likeness (QED) is 0.838. The van der Waals surface area contributed by atoms with Crippen LogP contribution in [0.4, 0.5) is 0 Å². The largest absolute Gasteiger partial charge is 0.337 e. The van der Waals surface area contributed by atoms with Crippen LogP contribution in [0.1, 0.15) is 44.4 Å². The van der Waals surface area contributed by atoms with E-state index < -0.39 is 5.54 Å². The summed E-state index contributed by atoms with van der Waals surface area (Å²) in [7, 11) is 0. The van der Waals surface area contributed by atoms with Crippen molar-refractivity contribution >= 4 is 0 Å². The molecule has 1 aliphatic rings. The number of hydrogen-bond donors (Lipinski definition) is 1. The molecule has 0 aliphatic heterocycles. The summed E-state index contributed by atoms with van der Waals surface area (Å²) >= 11 is 0. The zero-order valence-electron chi connectivity index (χ0n) is 10.9. The number of nitrogens with zero attached hydrogens (tertiary/aromatic N) is 3. The molecule has 0 spiro atoms. The maximum Gasteiger partial charge on any atom is 0.247 e. The molecule has 0 unspecified atom stereocenters. The Kier molecular flexibility index (Phi) is 3.29. The van der Waals surface area contributed by atoms with Crippen molar-refractivity contribution in [1.29, 1.82) is 0 Å². The standard InChI is InChI=1S/C14H18N4O/c15-14(7-3-1-2-4-8-14)13-17-12(18-19-13)11-6-5-9-16-10-11/h5-6,9-10H,1-4,7-8,15H2. The number of hydrogen-bond acceptors (Lipinski definition) is 5. The molecule has 0 atom stereocenters. The number of aromatic nitrogens is 3. The van der Waals surface area contributed by atoms with Crippen molar-refractivity contribution in [3.63, 3.8) is 0 Å². The molecule has 5 heteroatoms. The van der Waals surface area contributed by atoms with E-state index in [1.807, 2.05) is 12.1 Å². The van der Waals surface area contributed by atoms with Crippen LogP contribution in [-0.2, 0) is 5.54 Å². The van der Waals surface area contributed by atoms with Crippen LogP contribution in [0.25, 0.3) is 11.4 Å². The fourth-order valence-electron chi connectivity index (χ4n) is 2.61. The molecule has 19 heavy (non-hydrogen) atoms. The fraction of sp³-hybridized carbons (Fsp3) is 0.500. The molecule has 0 bridgehead atoms. The van der Waals surface area contributed by atoms with Crippen LogP contribution in [0, 0.1) is 0 Å². The van der Waals surface area contributed by atoms with Gasteiger partial charge < -0.3 is 10.3 Å². The van der Waals surface area contributed by atoms with Gasteiger partial charge in [-0.3, -0.25) is 4.98 Å². The zero-order valence-corrected chi connectivity index (χ0v) is 10.9. The van der Waals surface area contributed by atoms with Crippen molar-refractivity contribution in [2.45, 2.75) is 44.1 Å². The third-order valence-electron chi connectivity index (χ3n) is 3.77. The molecule has 1 fully saturated rings. The Morgan fingerprint density at radius 1 is 1.16 bits per heavy atom. The Labute approximate surface area is 112 Å². The zero-order chi connectivity index (χ0) is 13.1. The van der Waals surface area contributed by atoms with Crippen molar-refractivity contribution in [2.24, 2.45) is 5.73 Å². The normalized spacial score (nSPS) is 19.0. The highest BCUT2D eigenvalue weighted by Gasteiger charge is 2.34. The first-order valence-corrected chi connectivity index (χ1v) is 6.81. The van der Waals surface area contributed by atoms with E-state index in [0.717, 1.165) is 31.2 Å². The lowest BCUT2D eigenvalue weighted by atomic mass is 9.91. The number of nitrogens with two attached hydrogens (primary N) is 1. The molecule has 3 rings (SSSR count). The first-order valence-electron chi connectivity index (χ1n) is 6.81. The second-order valence-electron chi connectivity index (χ2n) is 5.24. The Bertz CT molecular complexity index is 529. The maximum absolute atomic E-state index is 6.46. The monoisotopic (exact) mass is 258 g/mol. The lowest BCUT2D eigenvalue weighted by Gasteiger charge is -2.22. The second kappa shape index (κ2) is 5.09. The summed E-state index contributed by atoms with van der Waals surface area (Å²) in [6.07, 6.45) is 10.0. The van der Waals surface area contributed by atoms with Gasteiger partial charge in [-0.25, -0.2) is 0 Å². The molecular formula is C14H18N4O. The summed E-state index contributed by atoms with van der Waals surface area (Å²) < 4.78 is 5.40. The van der Waals surface area contributed by atoms with Crippen molar-refractivity contribution in [1.82, 2.24) is 15.1 Å². The first-order chi connectivity index (χ1) is 9.28. The van der Waals surface area contributed by atoms with E-state index in [1.165, 1.54) is 12.8 Å². The third-order valence-corrected chi connectivity index (χ3v) is 3.77. The molecule has 2 heterocycles. The Balaban J connectivity index is 1.88. The molecule has 1 aliphatic carbocycles. The van der Waals surface area contributed by atoms with E-state index in [-0.39, 0.29) is 0 Å². The fourth-order valence-corrected chi connectivity index (χ4v) is 2.61. The smallest absolute Gasteiger partial charge is 0.247 e. The highest BCUT2D eigenvalue weighted by molar-refractivity contribution is 5.52. The minimum absolute atomic E-state index is 0.454. The average molecular weight is 258 g/mol. The average Bonchev–Trinajstić information content (AvgIpc) is 2.85. The van der Waals surface area contributed by atoms with Gasteiger partial charge in [0.25, 0.3) is 0 Å². The van der Waals surface area contributed by atoms with Gasteiger partial charge in [-0.1, -0.05) is 30.8 Å². The first kappa shape index (κ1) is 12.3. The van der Waals surface area contributed by atoms with Gasteiger partial charge in [0, 0.05) is 18.0 Å². The minimum Gasteiger partial charge on any atom is -0.337 e. The summed E-state index contributed by atoms with van der Waals surface area (Å²) in [6.45, 7) is 0. The van der Waals surface area contributed by atoms with E-state index in [2.05, 4.69) is 15.1 Å². The molecular weight excluding hydrogens is 240 g/mol. The van der Waals surface area contributed by atoms with Crippen molar-refractivity contribution in [2.75, 3.05) is 0 Å². The van der Waals surface area contributed by atoms with Crippen LogP contribution in [0.5, 0.6) is 0 Å². The van der Waals surface area contributed by atoms with Crippen LogP contribution >= 0.6 is 0 Å². The molecule has 2 aromatic rings. The topological polar surface area (TPSA) is 77.8 Å². The predicted octanol–water partition coefficient (Wildman–Crippen LogP) is 2.64. The van der Waals surface area contributed by atoms with Crippen molar-refractivity contribution in [3.8, 4) is 11.4 Å². The SMILES string of the molecule is NC1(c2nc(-c3cccnc3)no2)CCCCCC1. The number of pyridine rings is 1. The highest BCUT2D eigenvalue weighted by atomic mass is 16.5. The highest BCUT2D eigenvalue weighted by Crippen LogP contribution is 2.33. The second-order valence-corrected chi connectivity index (χ2v) is 5.24. The van der Waals surface area contributed by atoms with Crippen molar-refractivity contribution < 1.29 is 4.52 Å². The van der Waals surface area contributed by atoms with Crippen LogP contribution in [-0.4, -0.2) is 15.1 Å². The minimum atomic E-state index is -0.454. The Morgan fingerprint density at radius 3 is 2.63 bits per heavy atom. The van der Waals surface area contributed by atoms with E-state index in [9.17, 15) is 0 Å². The van der Waals surface area contributed by atoms with Crippen LogP contribution < -0.4 is 5.73 Å². The third kappa shape index (κ3) is 2.51. The van der Waals surface area contributed by atoms with Gasteiger partial charge in [0.05, 0.1) is 5.54 Å². The Hall–Kier alpha value is -1.75. The van der Waals surface area contributed by atoms with Gasteiger partial charge in [0.2, 0.25) is 11.7 Å². The molecule has 0 saturated heterocycles. The van der Waals surface area contributed by atoms with E-state index in [4.69, 9.17) is 10.3 Å². The molecule has 0 amide bonds. The molecule has 100 valence electrons. The summed E-state index contributed by atoms with van der Waals surface area (Å²) in [6, 6.07) is 3.77. The van der Waals surface area contributed by atoms with Crippen molar-refractivity contribution in [3.05, 3.63) is 30.4 Å². The van der Waals surface area contributed by atoms with Gasteiger partial charge in [-0.2, -0.15) is 4.98 Å². The molecule has 1 saturated carbocycles. The summed E-state index contributed by atoms with van der Waals surface area (Å²) in [5.41, 5.74) is 6.86. The van der Waals surface area contributed by atoms with Crippen LogP contribution in [0.2, 0.25) is 0 Å². The van der Waals surface area contributed by atoms with Crippen LogP contribution in [0.15, 0.2) is 29.0 Å². The maximum atomic E-state index is 6.46. The lowest BCUT2D eigenvalue weighted by molar-refractivity contribution is 0.257. The molecule has 5 nitrogen and oxygen atoms in total. The van der Waals surface area contributed by atoms with E-state index in [0.29, 0.717) is 11.7 Å². The van der Waals surface area contributed by atoms with Gasteiger partial charge in [0.15, 0.2) is 0 Å². The van der Waals surface area contributed by atoms with Gasteiger partial charge >= 0.3 is 0 Å². The van der Waals surface area contributed by atoms with Gasteiger partial charge in [0.1, 0.15) is 0 Å². The molecule has 0 radical (unpaired) electrons. The van der Waals surface area contributed by atoms with Gasteiger partial charge in [-0.05, 0) is 25.0 Å². The summed E-state index contributed by atoms with van der Waals surface area (Å²) in [5, 5.41) is 4.03. The van der Waals surface area contributed by atoms with Gasteiger partial charge in [-0.15, -0.1) is 0 Å². The number of rotatable bonds is 2. The summed E-state index contributed by atoms with van der Waals surface area (Å²) in [4.78, 5) is 8.54. The summed E-state index contributed by atoms with van der Waals surface area (Å²) in [5.74, 6) is 1.13. The van der Waals surface area contributed by atoms with Crippen LogP contribution in [0.3, 0.4) is 0 Å². The lowest BCUT2D eigenvalue weighted by Crippen LogP contribution is -2.36. The molecule has 2 N–H and O–H groups in total.